The van der Waals surface area contributed by atoms with Crippen molar-refractivity contribution in [2.45, 2.75) is 39.2 Å². The first kappa shape index (κ1) is 13.2. The molecule has 20 heavy (non-hydrogen) atoms. The van der Waals surface area contributed by atoms with Crippen molar-refractivity contribution in [3.05, 3.63) is 36.7 Å². The van der Waals surface area contributed by atoms with E-state index >= 15 is 0 Å². The minimum atomic E-state index is 0.590. The molecule has 4 heteroatoms. The van der Waals surface area contributed by atoms with Gasteiger partial charge in [0.2, 0.25) is 0 Å². The lowest BCUT2D eigenvalue weighted by Gasteiger charge is -2.35. The van der Waals surface area contributed by atoms with Gasteiger partial charge in [0.25, 0.3) is 0 Å². The first-order chi connectivity index (χ1) is 9.74. The lowest BCUT2D eigenvalue weighted by Crippen LogP contribution is -2.34. The van der Waals surface area contributed by atoms with E-state index in [0.29, 0.717) is 6.04 Å². The Labute approximate surface area is 120 Å². The fourth-order valence-electron chi connectivity index (χ4n) is 3.04. The van der Waals surface area contributed by atoms with Crippen LogP contribution in [0.2, 0.25) is 0 Å². The van der Waals surface area contributed by atoms with Crippen LogP contribution in [0, 0.1) is 11.8 Å². The zero-order valence-corrected chi connectivity index (χ0v) is 12.2. The summed E-state index contributed by atoms with van der Waals surface area (Å²) in [6, 6.07) is 8.93. The van der Waals surface area contributed by atoms with E-state index < -0.39 is 0 Å². The molecule has 0 amide bonds. The van der Waals surface area contributed by atoms with Crippen LogP contribution in [0.5, 0.6) is 0 Å². The average Bonchev–Trinajstić information content (AvgIpc) is 2.99. The smallest absolute Gasteiger partial charge is 0.0858 e. The molecule has 1 aromatic heterocycles. The van der Waals surface area contributed by atoms with Crippen LogP contribution < -0.4 is 5.32 Å². The van der Waals surface area contributed by atoms with Crippen LogP contribution in [0.15, 0.2) is 36.7 Å². The Morgan fingerprint density at radius 1 is 1.05 bits per heavy atom. The second-order valence-electron chi connectivity index (χ2n) is 5.88. The molecule has 3 unspecified atom stereocenters. The van der Waals surface area contributed by atoms with Gasteiger partial charge in [-0.2, -0.15) is 15.0 Å². The lowest BCUT2D eigenvalue weighted by molar-refractivity contribution is 0.253. The quantitative estimate of drug-likeness (QED) is 0.928. The molecule has 0 bridgehead atoms. The molecule has 0 radical (unpaired) electrons. The summed E-state index contributed by atoms with van der Waals surface area (Å²) in [5.74, 6) is 1.55. The van der Waals surface area contributed by atoms with E-state index in [4.69, 9.17) is 0 Å². The normalized spacial score (nSPS) is 26.4. The largest absolute Gasteiger partial charge is 0.382 e. The molecule has 3 atom stereocenters. The molecule has 1 heterocycles. The number of aromatic nitrogens is 3. The Kier molecular flexibility index (Phi) is 3.72. The van der Waals surface area contributed by atoms with Crippen molar-refractivity contribution in [2.24, 2.45) is 11.8 Å². The van der Waals surface area contributed by atoms with Crippen molar-refractivity contribution < 1.29 is 0 Å². The summed E-state index contributed by atoms with van der Waals surface area (Å²) < 4.78 is 0. The van der Waals surface area contributed by atoms with Gasteiger partial charge < -0.3 is 5.32 Å². The van der Waals surface area contributed by atoms with E-state index in [1.165, 1.54) is 24.9 Å². The molecule has 0 spiro atoms. The third-order valence-corrected chi connectivity index (χ3v) is 4.58. The van der Waals surface area contributed by atoms with Crippen molar-refractivity contribution >= 4 is 5.69 Å². The van der Waals surface area contributed by atoms with Crippen LogP contribution in [0.4, 0.5) is 5.69 Å². The predicted octanol–water partition coefficient (Wildman–Crippen LogP) is 3.50. The molecule has 3 rings (SSSR count). The molecular weight excluding hydrogens is 248 g/mol. The Morgan fingerprint density at radius 2 is 1.75 bits per heavy atom. The summed E-state index contributed by atoms with van der Waals surface area (Å²) in [6.45, 7) is 4.73. The van der Waals surface area contributed by atoms with Crippen molar-refractivity contribution in [1.29, 1.82) is 0 Å². The van der Waals surface area contributed by atoms with E-state index in [-0.39, 0.29) is 0 Å². The van der Waals surface area contributed by atoms with Gasteiger partial charge in [0.05, 0.1) is 18.1 Å². The number of rotatable bonds is 3. The van der Waals surface area contributed by atoms with Crippen molar-refractivity contribution in [3.8, 4) is 5.69 Å². The van der Waals surface area contributed by atoms with Gasteiger partial charge in [-0.05, 0) is 42.5 Å². The summed E-state index contributed by atoms with van der Waals surface area (Å²) in [7, 11) is 0. The summed E-state index contributed by atoms with van der Waals surface area (Å²) >= 11 is 0. The highest BCUT2D eigenvalue weighted by Gasteiger charge is 2.26. The summed E-state index contributed by atoms with van der Waals surface area (Å²) in [4.78, 5) is 1.63. The SMILES string of the molecule is CC1CCCC(Nc2ccc(-n3nccn3)cc2)C1C. The van der Waals surface area contributed by atoms with Crippen LogP contribution in [0.1, 0.15) is 33.1 Å². The van der Waals surface area contributed by atoms with Gasteiger partial charge >= 0.3 is 0 Å². The van der Waals surface area contributed by atoms with E-state index in [2.05, 4.69) is 53.6 Å². The van der Waals surface area contributed by atoms with Crippen LogP contribution >= 0.6 is 0 Å². The van der Waals surface area contributed by atoms with E-state index in [0.717, 1.165) is 17.5 Å². The highest BCUT2D eigenvalue weighted by molar-refractivity contribution is 5.49. The first-order valence-corrected chi connectivity index (χ1v) is 7.47. The lowest BCUT2D eigenvalue weighted by atomic mass is 9.78. The van der Waals surface area contributed by atoms with Crippen molar-refractivity contribution in [3.63, 3.8) is 0 Å². The second kappa shape index (κ2) is 5.65. The monoisotopic (exact) mass is 270 g/mol. The third kappa shape index (κ3) is 2.69. The molecule has 4 nitrogen and oxygen atoms in total. The average molecular weight is 270 g/mol. The Balaban J connectivity index is 1.69. The molecule has 1 N–H and O–H groups in total. The van der Waals surface area contributed by atoms with Crippen LogP contribution in [0.3, 0.4) is 0 Å². The molecule has 106 valence electrons. The highest BCUT2D eigenvalue weighted by atomic mass is 15.5. The molecular formula is C16H22N4. The summed E-state index contributed by atoms with van der Waals surface area (Å²) in [5.41, 5.74) is 2.18. The van der Waals surface area contributed by atoms with E-state index in [1.807, 2.05) is 0 Å². The maximum Gasteiger partial charge on any atom is 0.0858 e. The van der Waals surface area contributed by atoms with Crippen LogP contribution in [-0.4, -0.2) is 21.0 Å². The maximum atomic E-state index is 4.14. The summed E-state index contributed by atoms with van der Waals surface area (Å²) in [5, 5.41) is 12.0. The van der Waals surface area contributed by atoms with E-state index in [9.17, 15) is 0 Å². The summed E-state index contributed by atoms with van der Waals surface area (Å²) in [6.07, 6.45) is 7.35. The molecule has 1 aliphatic rings. The Hall–Kier alpha value is -1.84. The Bertz CT molecular complexity index is 532. The van der Waals surface area contributed by atoms with Gasteiger partial charge in [-0.25, -0.2) is 0 Å². The number of nitrogens with zero attached hydrogens (tertiary/aromatic N) is 3. The molecule has 1 fully saturated rings. The topological polar surface area (TPSA) is 42.7 Å². The number of nitrogens with one attached hydrogen (secondary N) is 1. The van der Waals surface area contributed by atoms with Crippen molar-refractivity contribution in [1.82, 2.24) is 15.0 Å². The third-order valence-electron chi connectivity index (χ3n) is 4.58. The predicted molar refractivity (Wildman–Crippen MR) is 80.9 cm³/mol. The zero-order valence-electron chi connectivity index (χ0n) is 12.2. The van der Waals surface area contributed by atoms with Gasteiger partial charge in [0.15, 0.2) is 0 Å². The second-order valence-corrected chi connectivity index (χ2v) is 5.88. The Morgan fingerprint density at radius 3 is 2.45 bits per heavy atom. The van der Waals surface area contributed by atoms with Crippen LogP contribution in [0.25, 0.3) is 5.69 Å². The fraction of sp³-hybridized carbons (Fsp3) is 0.500. The minimum absolute atomic E-state index is 0.590. The van der Waals surface area contributed by atoms with Gasteiger partial charge in [-0.3, -0.25) is 0 Å². The molecule has 1 saturated carbocycles. The zero-order chi connectivity index (χ0) is 13.9. The minimum Gasteiger partial charge on any atom is -0.382 e. The number of anilines is 1. The standard InChI is InChI=1S/C16H22N4/c1-12-4-3-5-16(13(12)2)19-14-6-8-15(9-7-14)20-17-10-11-18-20/h6-13,16,19H,3-5H2,1-2H3. The first-order valence-electron chi connectivity index (χ1n) is 7.47. The van der Waals surface area contributed by atoms with Crippen LogP contribution in [-0.2, 0) is 0 Å². The van der Waals surface area contributed by atoms with Gasteiger partial charge in [0, 0.05) is 11.7 Å². The number of hydrogen-bond donors (Lipinski definition) is 1. The van der Waals surface area contributed by atoms with Gasteiger partial charge in [-0.1, -0.05) is 26.7 Å². The molecule has 2 aromatic rings. The highest BCUT2D eigenvalue weighted by Crippen LogP contribution is 2.31. The molecule has 1 aliphatic carbocycles. The number of benzene rings is 1. The number of hydrogen-bond acceptors (Lipinski definition) is 3. The molecule has 1 aromatic carbocycles. The molecule has 0 saturated heterocycles. The maximum absolute atomic E-state index is 4.14. The van der Waals surface area contributed by atoms with Crippen molar-refractivity contribution in [2.75, 3.05) is 5.32 Å². The molecule has 0 aliphatic heterocycles. The van der Waals surface area contributed by atoms with E-state index in [1.54, 1.807) is 17.2 Å². The van der Waals surface area contributed by atoms with Gasteiger partial charge in [-0.15, -0.1) is 0 Å². The van der Waals surface area contributed by atoms with Gasteiger partial charge in [0.1, 0.15) is 0 Å². The fourth-order valence-corrected chi connectivity index (χ4v) is 3.04.